The molecule has 2 heterocycles. The molecule has 0 aliphatic carbocycles. The van der Waals surface area contributed by atoms with E-state index in [1.165, 1.54) is 11.1 Å². The number of hydrogen-bond donors (Lipinski definition) is 1. The second-order valence-corrected chi connectivity index (χ2v) is 4.60. The van der Waals surface area contributed by atoms with Crippen LogP contribution in [0.15, 0.2) is 36.4 Å². The summed E-state index contributed by atoms with van der Waals surface area (Å²) in [6, 6.07) is 12.5. The number of nitrogens with zero attached hydrogens (tertiary/aromatic N) is 1. The number of pyridine rings is 1. The van der Waals surface area contributed by atoms with E-state index in [0.29, 0.717) is 0 Å². The Bertz CT molecular complexity index is 566. The molecule has 1 aromatic carbocycles. The van der Waals surface area contributed by atoms with E-state index in [1.807, 2.05) is 25.1 Å². The van der Waals surface area contributed by atoms with Crippen LogP contribution in [-0.4, -0.2) is 4.98 Å². The van der Waals surface area contributed by atoms with Gasteiger partial charge in [0, 0.05) is 11.4 Å². The normalized spacial score (nSPS) is 13.4. The highest BCUT2D eigenvalue weighted by Crippen LogP contribution is 2.23. The molecule has 0 spiro atoms. The highest BCUT2D eigenvalue weighted by molar-refractivity contribution is 5.49. The molecule has 1 aliphatic rings. The maximum absolute atomic E-state index is 5.41. The van der Waals surface area contributed by atoms with Crippen LogP contribution in [0.1, 0.15) is 22.5 Å². The number of anilines is 1. The van der Waals surface area contributed by atoms with Crippen molar-refractivity contribution in [3.05, 3.63) is 58.9 Å². The number of ether oxygens (including phenoxy) is 1. The van der Waals surface area contributed by atoms with Crippen LogP contribution in [0.25, 0.3) is 0 Å². The van der Waals surface area contributed by atoms with Gasteiger partial charge in [-0.1, -0.05) is 12.1 Å². The van der Waals surface area contributed by atoms with Gasteiger partial charge in [0.25, 0.3) is 0 Å². The molecular formula is C15H16N2O. The van der Waals surface area contributed by atoms with Gasteiger partial charge in [0.1, 0.15) is 0 Å². The molecule has 2 aromatic rings. The minimum absolute atomic E-state index is 0.730. The van der Waals surface area contributed by atoms with Crippen molar-refractivity contribution in [2.45, 2.75) is 26.7 Å². The largest absolute Gasteiger partial charge is 0.379 e. The molecule has 0 amide bonds. The number of nitrogens with one attached hydrogen (secondary N) is 1. The predicted octanol–water partition coefficient (Wildman–Crippen LogP) is 3.03. The molecule has 0 unspecified atom stereocenters. The van der Waals surface area contributed by atoms with Crippen molar-refractivity contribution in [1.82, 2.24) is 4.98 Å². The third-order valence-corrected chi connectivity index (χ3v) is 3.14. The summed E-state index contributed by atoms with van der Waals surface area (Å²) in [6.07, 6.45) is 0. The SMILES string of the molecule is Cc1cccc(CNc2ccc3c(c2)COC3)n1. The van der Waals surface area contributed by atoms with Gasteiger partial charge < -0.3 is 10.1 Å². The van der Waals surface area contributed by atoms with E-state index in [-0.39, 0.29) is 0 Å². The molecule has 1 aromatic heterocycles. The molecule has 0 radical (unpaired) electrons. The van der Waals surface area contributed by atoms with Crippen molar-refractivity contribution < 1.29 is 4.74 Å². The lowest BCUT2D eigenvalue weighted by Crippen LogP contribution is -2.02. The number of fused-ring (bicyclic) bond motifs is 1. The maximum Gasteiger partial charge on any atom is 0.0725 e. The fraction of sp³-hybridized carbons (Fsp3) is 0.267. The van der Waals surface area contributed by atoms with E-state index in [2.05, 4.69) is 28.5 Å². The molecule has 3 nitrogen and oxygen atoms in total. The van der Waals surface area contributed by atoms with Crippen LogP contribution in [-0.2, 0) is 24.5 Å². The molecule has 0 fully saturated rings. The first-order valence-corrected chi connectivity index (χ1v) is 6.17. The number of rotatable bonds is 3. The van der Waals surface area contributed by atoms with E-state index >= 15 is 0 Å². The molecule has 18 heavy (non-hydrogen) atoms. The average Bonchev–Trinajstić information content (AvgIpc) is 2.84. The summed E-state index contributed by atoms with van der Waals surface area (Å²) in [5, 5.41) is 3.40. The lowest BCUT2D eigenvalue weighted by atomic mass is 10.1. The molecule has 3 rings (SSSR count). The Balaban J connectivity index is 1.70. The van der Waals surface area contributed by atoms with Crippen LogP contribution in [0.3, 0.4) is 0 Å². The summed E-state index contributed by atoms with van der Waals surface area (Å²) >= 11 is 0. The lowest BCUT2D eigenvalue weighted by molar-refractivity contribution is 0.134. The maximum atomic E-state index is 5.41. The zero-order chi connectivity index (χ0) is 12.4. The van der Waals surface area contributed by atoms with Crippen molar-refractivity contribution >= 4 is 5.69 Å². The van der Waals surface area contributed by atoms with Crippen LogP contribution in [0, 0.1) is 6.92 Å². The quantitative estimate of drug-likeness (QED) is 0.895. The van der Waals surface area contributed by atoms with Crippen LogP contribution >= 0.6 is 0 Å². The van der Waals surface area contributed by atoms with E-state index in [4.69, 9.17) is 4.74 Å². The second kappa shape index (κ2) is 4.78. The van der Waals surface area contributed by atoms with Crippen LogP contribution in [0.5, 0.6) is 0 Å². The van der Waals surface area contributed by atoms with Gasteiger partial charge in [0.15, 0.2) is 0 Å². The predicted molar refractivity (Wildman–Crippen MR) is 71.2 cm³/mol. The first-order valence-electron chi connectivity index (χ1n) is 6.17. The van der Waals surface area contributed by atoms with E-state index in [1.54, 1.807) is 0 Å². The number of benzene rings is 1. The average molecular weight is 240 g/mol. The van der Waals surface area contributed by atoms with Crippen LogP contribution < -0.4 is 5.32 Å². The standard InChI is InChI=1S/C15H16N2O/c1-11-3-2-4-15(17-11)8-16-14-6-5-12-9-18-10-13(12)7-14/h2-7,16H,8-10H2,1H3. The summed E-state index contributed by atoms with van der Waals surface area (Å²) in [5.41, 5.74) is 5.83. The van der Waals surface area contributed by atoms with Crippen molar-refractivity contribution in [2.75, 3.05) is 5.32 Å². The van der Waals surface area contributed by atoms with Crippen molar-refractivity contribution in [3.8, 4) is 0 Å². The summed E-state index contributed by atoms with van der Waals surface area (Å²) in [5.74, 6) is 0. The van der Waals surface area contributed by atoms with Crippen molar-refractivity contribution in [3.63, 3.8) is 0 Å². The summed E-state index contributed by atoms with van der Waals surface area (Å²) in [4.78, 5) is 4.47. The molecule has 0 saturated heterocycles. The molecule has 1 aliphatic heterocycles. The minimum atomic E-state index is 0.730. The Morgan fingerprint density at radius 3 is 2.94 bits per heavy atom. The van der Waals surface area contributed by atoms with Gasteiger partial charge in [-0.15, -0.1) is 0 Å². The fourth-order valence-electron chi connectivity index (χ4n) is 2.17. The first kappa shape index (κ1) is 11.2. The van der Waals surface area contributed by atoms with Gasteiger partial charge in [0.2, 0.25) is 0 Å². The van der Waals surface area contributed by atoms with Gasteiger partial charge in [-0.2, -0.15) is 0 Å². The molecule has 92 valence electrons. The zero-order valence-corrected chi connectivity index (χ0v) is 10.4. The monoisotopic (exact) mass is 240 g/mol. The lowest BCUT2D eigenvalue weighted by Gasteiger charge is -2.08. The van der Waals surface area contributed by atoms with Gasteiger partial charge in [0.05, 0.1) is 25.5 Å². The molecule has 0 atom stereocenters. The molecule has 0 saturated carbocycles. The Morgan fingerprint density at radius 1 is 1.17 bits per heavy atom. The van der Waals surface area contributed by atoms with Gasteiger partial charge in [-0.05, 0) is 42.3 Å². The summed E-state index contributed by atoms with van der Waals surface area (Å²) in [6.45, 7) is 4.24. The molecule has 0 bridgehead atoms. The van der Waals surface area contributed by atoms with E-state index in [9.17, 15) is 0 Å². The van der Waals surface area contributed by atoms with Crippen LogP contribution in [0.2, 0.25) is 0 Å². The third kappa shape index (κ3) is 2.36. The highest BCUT2D eigenvalue weighted by atomic mass is 16.5. The van der Waals surface area contributed by atoms with Gasteiger partial charge in [-0.3, -0.25) is 4.98 Å². The number of aryl methyl sites for hydroxylation is 1. The fourth-order valence-corrected chi connectivity index (χ4v) is 2.17. The summed E-state index contributed by atoms with van der Waals surface area (Å²) in [7, 11) is 0. The molecular weight excluding hydrogens is 224 g/mol. The van der Waals surface area contributed by atoms with E-state index < -0.39 is 0 Å². The van der Waals surface area contributed by atoms with Crippen molar-refractivity contribution in [1.29, 1.82) is 0 Å². The minimum Gasteiger partial charge on any atom is -0.379 e. The first-order chi connectivity index (χ1) is 8.81. The van der Waals surface area contributed by atoms with Crippen LogP contribution in [0.4, 0.5) is 5.69 Å². The Morgan fingerprint density at radius 2 is 2.06 bits per heavy atom. The second-order valence-electron chi connectivity index (χ2n) is 4.60. The zero-order valence-electron chi connectivity index (χ0n) is 10.4. The Hall–Kier alpha value is -1.87. The van der Waals surface area contributed by atoms with Gasteiger partial charge >= 0.3 is 0 Å². The van der Waals surface area contributed by atoms with Crippen molar-refractivity contribution in [2.24, 2.45) is 0 Å². The number of aromatic nitrogens is 1. The summed E-state index contributed by atoms with van der Waals surface area (Å²) < 4.78 is 5.41. The topological polar surface area (TPSA) is 34.1 Å². The highest BCUT2D eigenvalue weighted by Gasteiger charge is 2.10. The Kier molecular flexibility index (Phi) is 2.99. The molecule has 1 N–H and O–H groups in total. The van der Waals surface area contributed by atoms with E-state index in [0.717, 1.165) is 36.8 Å². The third-order valence-electron chi connectivity index (χ3n) is 3.14. The Labute approximate surface area is 107 Å². The van der Waals surface area contributed by atoms with Gasteiger partial charge in [-0.25, -0.2) is 0 Å². The molecule has 3 heteroatoms. The number of hydrogen-bond acceptors (Lipinski definition) is 3. The smallest absolute Gasteiger partial charge is 0.0725 e.